The average Bonchev–Trinajstić information content (AvgIpc) is 3.09. The number of nitrogens with one attached hydrogen (secondary N) is 1. The molecule has 1 unspecified atom stereocenters. The van der Waals surface area contributed by atoms with Gasteiger partial charge in [0.25, 0.3) is 5.91 Å². The Morgan fingerprint density at radius 1 is 0.921 bits per heavy atom. The number of hydrogen-bond donors (Lipinski definition) is 1. The van der Waals surface area contributed by atoms with E-state index in [1.54, 1.807) is 37.8 Å². The first-order chi connectivity index (χ1) is 18.0. The van der Waals surface area contributed by atoms with Gasteiger partial charge in [0.1, 0.15) is 22.8 Å². The minimum absolute atomic E-state index is 0.300. The third kappa shape index (κ3) is 4.86. The number of methoxy groups -OCH3 is 3. The van der Waals surface area contributed by atoms with Gasteiger partial charge in [0, 0.05) is 17.7 Å². The lowest BCUT2D eigenvalue weighted by Crippen LogP contribution is -2.55. The highest BCUT2D eigenvalue weighted by atomic mass is 16.6. The van der Waals surface area contributed by atoms with Gasteiger partial charge in [-0.05, 0) is 39.3 Å². The minimum atomic E-state index is -1.71. The Hall–Kier alpha value is -4.20. The Morgan fingerprint density at radius 2 is 1.55 bits per heavy atom. The van der Waals surface area contributed by atoms with Gasteiger partial charge in [0.15, 0.2) is 5.54 Å². The van der Waals surface area contributed by atoms with Gasteiger partial charge >= 0.3 is 6.09 Å². The Labute approximate surface area is 223 Å². The van der Waals surface area contributed by atoms with Crippen molar-refractivity contribution in [3.8, 4) is 17.2 Å². The molecule has 4 rings (SSSR count). The van der Waals surface area contributed by atoms with E-state index in [0.717, 1.165) is 11.1 Å². The first-order valence-electron chi connectivity index (χ1n) is 12.3. The van der Waals surface area contributed by atoms with Crippen molar-refractivity contribution in [1.29, 1.82) is 0 Å². The van der Waals surface area contributed by atoms with Crippen LogP contribution >= 0.6 is 0 Å². The molecular weight excluding hydrogens is 484 g/mol. The molecule has 0 bridgehead atoms. The summed E-state index contributed by atoms with van der Waals surface area (Å²) in [4.78, 5) is 29.8. The zero-order chi connectivity index (χ0) is 27.7. The van der Waals surface area contributed by atoms with Crippen LogP contribution in [0.3, 0.4) is 0 Å². The molecule has 1 heterocycles. The lowest BCUT2D eigenvalue weighted by atomic mass is 9.81. The predicted molar refractivity (Wildman–Crippen MR) is 145 cm³/mol. The highest BCUT2D eigenvalue weighted by Crippen LogP contribution is 2.52. The monoisotopic (exact) mass is 518 g/mol. The fraction of sp³-hybridized carbons (Fsp3) is 0.333. The molecule has 3 aromatic rings. The Balaban J connectivity index is 2.03. The highest BCUT2D eigenvalue weighted by Gasteiger charge is 2.57. The molecule has 8 nitrogen and oxygen atoms in total. The molecule has 3 aromatic carbocycles. The van der Waals surface area contributed by atoms with Gasteiger partial charge in [0.05, 0.1) is 39.1 Å². The van der Waals surface area contributed by atoms with Crippen LogP contribution in [0, 0.1) is 6.92 Å². The second-order valence-corrected chi connectivity index (χ2v) is 10.2. The van der Waals surface area contributed by atoms with E-state index in [9.17, 15) is 9.59 Å². The number of ether oxygens (including phenoxy) is 4. The van der Waals surface area contributed by atoms with Crippen molar-refractivity contribution >= 4 is 17.7 Å². The number of alkyl carbamates (subject to hydrolysis) is 1. The third-order valence-electron chi connectivity index (χ3n) is 6.37. The van der Waals surface area contributed by atoms with Crippen molar-refractivity contribution in [3.63, 3.8) is 0 Å². The second-order valence-electron chi connectivity index (χ2n) is 10.2. The summed E-state index contributed by atoms with van der Waals surface area (Å²) in [7, 11) is 4.53. The van der Waals surface area contributed by atoms with Crippen molar-refractivity contribution < 1.29 is 28.5 Å². The first-order valence-corrected chi connectivity index (χ1v) is 12.3. The number of hydrogen-bond acceptors (Lipinski definition) is 6. The van der Waals surface area contributed by atoms with Crippen LogP contribution in [0.25, 0.3) is 0 Å². The molecular formula is C30H34N2O6. The molecule has 200 valence electrons. The normalized spacial score (nSPS) is 16.6. The van der Waals surface area contributed by atoms with E-state index in [0.29, 0.717) is 40.6 Å². The zero-order valence-corrected chi connectivity index (χ0v) is 22.9. The number of aryl methyl sites for hydroxylation is 1. The summed E-state index contributed by atoms with van der Waals surface area (Å²) in [6.45, 7) is 7.54. The molecule has 1 aliphatic heterocycles. The van der Waals surface area contributed by atoms with E-state index in [-0.39, 0.29) is 5.91 Å². The molecule has 1 N–H and O–H groups in total. The molecule has 1 atom stereocenters. The fourth-order valence-corrected chi connectivity index (χ4v) is 4.79. The molecule has 0 aliphatic carbocycles. The van der Waals surface area contributed by atoms with E-state index in [1.807, 2.05) is 55.5 Å². The Kier molecular flexibility index (Phi) is 7.26. The standard InChI is InChI=1S/C30H34N2O6/c1-19-13-14-23-22(15-19)30(31-28(34)38-29(2,3)4,27(33)32(23)18-20-11-9-8-10-12-20)26-24(36-6)16-21(35-5)17-25(26)37-7/h8-17H,18H2,1-7H3,(H,31,34). The molecule has 8 heteroatoms. The summed E-state index contributed by atoms with van der Waals surface area (Å²) in [6, 6.07) is 18.8. The number of benzene rings is 3. The highest BCUT2D eigenvalue weighted by molar-refractivity contribution is 6.12. The van der Waals surface area contributed by atoms with Gasteiger partial charge < -0.3 is 23.8 Å². The van der Waals surface area contributed by atoms with E-state index in [1.165, 1.54) is 21.3 Å². The molecule has 0 spiro atoms. The number of nitrogens with zero attached hydrogens (tertiary/aromatic N) is 1. The van der Waals surface area contributed by atoms with Crippen molar-refractivity contribution in [2.75, 3.05) is 26.2 Å². The number of amides is 2. The van der Waals surface area contributed by atoms with Gasteiger partial charge in [0.2, 0.25) is 0 Å². The molecule has 2 amide bonds. The summed E-state index contributed by atoms with van der Waals surface area (Å²) in [5.74, 6) is 0.750. The van der Waals surface area contributed by atoms with E-state index in [4.69, 9.17) is 18.9 Å². The molecule has 0 radical (unpaired) electrons. The maximum absolute atomic E-state index is 14.7. The van der Waals surface area contributed by atoms with Gasteiger partial charge in [-0.15, -0.1) is 0 Å². The van der Waals surface area contributed by atoms with Crippen molar-refractivity contribution in [1.82, 2.24) is 5.32 Å². The van der Waals surface area contributed by atoms with Gasteiger partial charge in [-0.3, -0.25) is 10.1 Å². The first kappa shape index (κ1) is 26.9. The van der Waals surface area contributed by atoms with E-state index >= 15 is 0 Å². The van der Waals surface area contributed by atoms with E-state index in [2.05, 4.69) is 5.32 Å². The minimum Gasteiger partial charge on any atom is -0.496 e. The molecule has 1 aliphatic rings. The summed E-state index contributed by atoms with van der Waals surface area (Å²) in [5, 5.41) is 2.95. The van der Waals surface area contributed by atoms with E-state index < -0.39 is 17.2 Å². The summed E-state index contributed by atoms with van der Waals surface area (Å²) >= 11 is 0. The van der Waals surface area contributed by atoms with Crippen LogP contribution in [0.5, 0.6) is 17.2 Å². The van der Waals surface area contributed by atoms with Crippen molar-refractivity contribution in [2.45, 2.75) is 45.4 Å². The molecule has 38 heavy (non-hydrogen) atoms. The molecule has 0 fully saturated rings. The smallest absolute Gasteiger partial charge is 0.409 e. The number of anilines is 1. The van der Waals surface area contributed by atoms with Gasteiger partial charge in [-0.2, -0.15) is 0 Å². The van der Waals surface area contributed by atoms with Crippen molar-refractivity contribution in [3.05, 3.63) is 82.9 Å². The largest absolute Gasteiger partial charge is 0.496 e. The van der Waals surface area contributed by atoms with Crippen LogP contribution in [-0.2, 0) is 21.6 Å². The maximum atomic E-state index is 14.7. The van der Waals surface area contributed by atoms with Gasteiger partial charge in [-0.1, -0.05) is 48.0 Å². The lowest BCUT2D eigenvalue weighted by Gasteiger charge is -2.34. The quantitative estimate of drug-likeness (QED) is 0.455. The van der Waals surface area contributed by atoms with Gasteiger partial charge in [-0.25, -0.2) is 4.79 Å². The van der Waals surface area contributed by atoms with Crippen LogP contribution in [0.4, 0.5) is 10.5 Å². The van der Waals surface area contributed by atoms with Crippen LogP contribution in [0.1, 0.15) is 43.0 Å². The van der Waals surface area contributed by atoms with Crippen molar-refractivity contribution in [2.24, 2.45) is 0 Å². The second kappa shape index (κ2) is 10.3. The van der Waals surface area contributed by atoms with Crippen LogP contribution in [0.15, 0.2) is 60.7 Å². The van der Waals surface area contributed by atoms with Crippen LogP contribution in [-0.4, -0.2) is 38.9 Å². The molecule has 0 saturated carbocycles. The number of carbonyl (C=O) groups is 2. The van der Waals surface area contributed by atoms with Crippen LogP contribution < -0.4 is 24.4 Å². The number of rotatable bonds is 7. The molecule has 0 saturated heterocycles. The van der Waals surface area contributed by atoms with Crippen LogP contribution in [0.2, 0.25) is 0 Å². The fourth-order valence-electron chi connectivity index (χ4n) is 4.79. The number of fused-ring (bicyclic) bond motifs is 1. The molecule has 0 aromatic heterocycles. The lowest BCUT2D eigenvalue weighted by molar-refractivity contribution is -0.123. The summed E-state index contributed by atoms with van der Waals surface area (Å²) in [6.07, 6.45) is -0.750. The Bertz CT molecular complexity index is 1320. The summed E-state index contributed by atoms with van der Waals surface area (Å²) < 4.78 is 22.7. The predicted octanol–water partition coefficient (Wildman–Crippen LogP) is 5.34. The maximum Gasteiger partial charge on any atom is 0.409 e. The average molecular weight is 519 g/mol. The topological polar surface area (TPSA) is 86.3 Å². The third-order valence-corrected chi connectivity index (χ3v) is 6.37. The zero-order valence-electron chi connectivity index (χ0n) is 22.9. The SMILES string of the molecule is COc1cc(OC)c(C2(NC(=O)OC(C)(C)C)C(=O)N(Cc3ccccc3)c3ccc(C)cc32)c(OC)c1. The number of carbonyl (C=O) groups excluding carboxylic acids is 2. The summed E-state index contributed by atoms with van der Waals surface area (Å²) in [5.41, 5.74) is 0.962. The Morgan fingerprint density at radius 3 is 2.11 bits per heavy atom.